The molecule has 2 nitrogen and oxygen atoms in total. The van der Waals surface area contributed by atoms with Crippen LogP contribution in [-0.4, -0.2) is 9.97 Å². The van der Waals surface area contributed by atoms with Crippen molar-refractivity contribution in [1.82, 2.24) is 9.97 Å². The van der Waals surface area contributed by atoms with Gasteiger partial charge in [-0.1, -0.05) is 153 Å². The Morgan fingerprint density at radius 3 is 1.51 bits per heavy atom. The molecule has 0 amide bonds. The van der Waals surface area contributed by atoms with Crippen LogP contribution in [0, 0.1) is 0 Å². The van der Waals surface area contributed by atoms with Crippen LogP contribution in [0.15, 0.2) is 158 Å². The van der Waals surface area contributed by atoms with Gasteiger partial charge in [-0.2, -0.15) is 0 Å². The van der Waals surface area contributed by atoms with E-state index in [1.165, 1.54) is 38.9 Å². The summed E-state index contributed by atoms with van der Waals surface area (Å²) in [6.45, 7) is 4.67. The smallest absolute Gasteiger partial charge is 0.160 e. The quantitative estimate of drug-likeness (QED) is 0.204. The molecular formula is C43H32N2. The minimum Gasteiger partial charge on any atom is -0.228 e. The van der Waals surface area contributed by atoms with Crippen molar-refractivity contribution in [3.63, 3.8) is 0 Å². The molecule has 0 unspecified atom stereocenters. The van der Waals surface area contributed by atoms with Crippen molar-refractivity contribution in [2.75, 3.05) is 0 Å². The van der Waals surface area contributed by atoms with E-state index in [0.717, 1.165) is 39.5 Å². The molecule has 0 saturated heterocycles. The van der Waals surface area contributed by atoms with Crippen LogP contribution in [0.5, 0.6) is 0 Å². The first-order chi connectivity index (χ1) is 22.0. The molecule has 6 aromatic carbocycles. The number of benzene rings is 6. The van der Waals surface area contributed by atoms with Crippen molar-refractivity contribution in [2.24, 2.45) is 0 Å². The molecule has 0 spiro atoms. The molecule has 2 heteroatoms. The van der Waals surface area contributed by atoms with E-state index in [-0.39, 0.29) is 5.41 Å². The lowest BCUT2D eigenvalue weighted by molar-refractivity contribution is 0.660. The topological polar surface area (TPSA) is 25.8 Å². The molecule has 1 aliphatic carbocycles. The summed E-state index contributed by atoms with van der Waals surface area (Å²) < 4.78 is 0. The van der Waals surface area contributed by atoms with Crippen LogP contribution < -0.4 is 0 Å². The summed E-state index contributed by atoms with van der Waals surface area (Å²) >= 11 is 0. The van der Waals surface area contributed by atoms with Crippen molar-refractivity contribution < 1.29 is 0 Å². The number of hydrogen-bond donors (Lipinski definition) is 0. The van der Waals surface area contributed by atoms with Crippen LogP contribution in [0.25, 0.3) is 67.3 Å². The van der Waals surface area contributed by atoms with Crippen LogP contribution in [0.2, 0.25) is 0 Å². The summed E-state index contributed by atoms with van der Waals surface area (Å²) in [7, 11) is 0. The SMILES string of the molecule is CC1(C)c2ccccc2-c2ccc(-c3cccc(-c4ccc(-c5nc(-c6ccccc6)cc(-c6ccccc6)n5)cc4)c3)cc21. The third-order valence-electron chi connectivity index (χ3n) is 9.12. The van der Waals surface area contributed by atoms with Gasteiger partial charge in [0.2, 0.25) is 0 Å². The number of fused-ring (bicyclic) bond motifs is 3. The summed E-state index contributed by atoms with van der Waals surface area (Å²) in [4.78, 5) is 10.00. The third-order valence-corrected chi connectivity index (χ3v) is 9.12. The fraction of sp³-hybridized carbons (Fsp3) is 0.0698. The van der Waals surface area contributed by atoms with Gasteiger partial charge in [-0.05, 0) is 62.7 Å². The largest absolute Gasteiger partial charge is 0.228 e. The lowest BCUT2D eigenvalue weighted by Gasteiger charge is -2.22. The van der Waals surface area contributed by atoms with Gasteiger partial charge < -0.3 is 0 Å². The van der Waals surface area contributed by atoms with Crippen LogP contribution in [-0.2, 0) is 5.41 Å². The van der Waals surface area contributed by atoms with Crippen LogP contribution in [0.1, 0.15) is 25.0 Å². The van der Waals surface area contributed by atoms with Gasteiger partial charge in [0.25, 0.3) is 0 Å². The molecule has 45 heavy (non-hydrogen) atoms. The van der Waals surface area contributed by atoms with Crippen LogP contribution in [0.4, 0.5) is 0 Å². The van der Waals surface area contributed by atoms with Crippen LogP contribution >= 0.6 is 0 Å². The Morgan fingerprint density at radius 1 is 0.356 bits per heavy atom. The second-order valence-corrected chi connectivity index (χ2v) is 12.3. The Morgan fingerprint density at radius 2 is 0.844 bits per heavy atom. The van der Waals surface area contributed by atoms with Gasteiger partial charge in [-0.15, -0.1) is 0 Å². The van der Waals surface area contributed by atoms with E-state index in [1.807, 2.05) is 36.4 Å². The number of hydrogen-bond acceptors (Lipinski definition) is 2. The van der Waals surface area contributed by atoms with E-state index in [1.54, 1.807) is 0 Å². The van der Waals surface area contributed by atoms with Gasteiger partial charge in [0, 0.05) is 22.1 Å². The minimum absolute atomic E-state index is 0.0182. The maximum absolute atomic E-state index is 5.00. The van der Waals surface area contributed by atoms with E-state index in [9.17, 15) is 0 Å². The predicted octanol–water partition coefficient (Wildman–Crippen LogP) is 11.1. The van der Waals surface area contributed by atoms with Gasteiger partial charge in [-0.25, -0.2) is 9.97 Å². The molecule has 0 N–H and O–H groups in total. The Kier molecular flexibility index (Phi) is 6.50. The molecule has 8 rings (SSSR count). The van der Waals surface area contributed by atoms with Crippen molar-refractivity contribution in [3.05, 3.63) is 169 Å². The fourth-order valence-electron chi connectivity index (χ4n) is 6.66. The second-order valence-electron chi connectivity index (χ2n) is 12.3. The minimum atomic E-state index is -0.0182. The Labute approximate surface area is 264 Å². The highest BCUT2D eigenvalue weighted by Gasteiger charge is 2.35. The highest BCUT2D eigenvalue weighted by Crippen LogP contribution is 2.49. The van der Waals surface area contributed by atoms with E-state index >= 15 is 0 Å². The zero-order valence-corrected chi connectivity index (χ0v) is 25.4. The predicted molar refractivity (Wildman–Crippen MR) is 187 cm³/mol. The normalized spacial score (nSPS) is 12.8. The molecular weight excluding hydrogens is 544 g/mol. The van der Waals surface area contributed by atoms with E-state index in [4.69, 9.17) is 9.97 Å². The van der Waals surface area contributed by atoms with Crippen molar-refractivity contribution in [1.29, 1.82) is 0 Å². The zero-order chi connectivity index (χ0) is 30.4. The molecule has 0 saturated carbocycles. The van der Waals surface area contributed by atoms with Crippen molar-refractivity contribution >= 4 is 0 Å². The molecule has 214 valence electrons. The van der Waals surface area contributed by atoms with Gasteiger partial charge in [0.15, 0.2) is 5.82 Å². The van der Waals surface area contributed by atoms with E-state index in [2.05, 4.69) is 135 Å². The lowest BCUT2D eigenvalue weighted by atomic mass is 9.81. The first-order valence-electron chi connectivity index (χ1n) is 15.5. The molecule has 0 atom stereocenters. The summed E-state index contributed by atoms with van der Waals surface area (Å²) in [5.41, 5.74) is 15.3. The monoisotopic (exact) mass is 576 g/mol. The highest BCUT2D eigenvalue weighted by atomic mass is 14.9. The first kappa shape index (κ1) is 27.0. The Balaban J connectivity index is 1.13. The molecule has 1 heterocycles. The zero-order valence-electron chi connectivity index (χ0n) is 25.4. The standard InChI is InChI=1S/C43H32N2/c1-43(2)38-19-10-9-18-36(38)37-25-24-35(27-39(37)43)34-17-11-16-33(26-34)29-20-22-32(23-21-29)42-44-40(30-12-5-3-6-13-30)28-41(45-42)31-14-7-4-8-15-31/h3-28H,1-2H3. The number of nitrogens with zero attached hydrogens (tertiary/aromatic N) is 2. The molecule has 0 aliphatic heterocycles. The fourth-order valence-corrected chi connectivity index (χ4v) is 6.66. The molecule has 1 aromatic heterocycles. The number of rotatable bonds is 5. The number of aromatic nitrogens is 2. The Bertz CT molecular complexity index is 2100. The summed E-state index contributed by atoms with van der Waals surface area (Å²) in [6, 6.07) is 55.9. The average molecular weight is 577 g/mol. The molecule has 0 radical (unpaired) electrons. The average Bonchev–Trinajstić information content (AvgIpc) is 3.34. The van der Waals surface area contributed by atoms with E-state index in [0.29, 0.717) is 0 Å². The van der Waals surface area contributed by atoms with Crippen molar-refractivity contribution in [2.45, 2.75) is 19.3 Å². The summed E-state index contributed by atoms with van der Waals surface area (Å²) in [6.07, 6.45) is 0. The summed E-state index contributed by atoms with van der Waals surface area (Å²) in [5, 5.41) is 0. The molecule has 0 bridgehead atoms. The molecule has 7 aromatic rings. The molecule has 0 fully saturated rings. The van der Waals surface area contributed by atoms with Crippen molar-refractivity contribution in [3.8, 4) is 67.3 Å². The summed E-state index contributed by atoms with van der Waals surface area (Å²) in [5.74, 6) is 0.720. The maximum Gasteiger partial charge on any atom is 0.160 e. The van der Waals surface area contributed by atoms with Gasteiger partial charge >= 0.3 is 0 Å². The maximum atomic E-state index is 5.00. The van der Waals surface area contributed by atoms with E-state index < -0.39 is 0 Å². The second kappa shape index (κ2) is 10.8. The first-order valence-corrected chi connectivity index (χ1v) is 15.5. The van der Waals surface area contributed by atoms with Gasteiger partial charge in [0.1, 0.15) is 0 Å². The van der Waals surface area contributed by atoms with Gasteiger partial charge in [0.05, 0.1) is 11.4 Å². The lowest BCUT2D eigenvalue weighted by Crippen LogP contribution is -2.14. The van der Waals surface area contributed by atoms with Crippen LogP contribution in [0.3, 0.4) is 0 Å². The van der Waals surface area contributed by atoms with Gasteiger partial charge in [-0.3, -0.25) is 0 Å². The molecule has 1 aliphatic rings. The third kappa shape index (κ3) is 4.85. The Hall–Kier alpha value is -5.60. The highest BCUT2D eigenvalue weighted by molar-refractivity contribution is 5.84.